The first kappa shape index (κ1) is 13.7. The van der Waals surface area contributed by atoms with Crippen LogP contribution in [0.5, 0.6) is 0 Å². The predicted molar refractivity (Wildman–Crippen MR) is 79.7 cm³/mol. The van der Waals surface area contributed by atoms with Crippen LogP contribution in [0.2, 0.25) is 0 Å². The third-order valence-electron chi connectivity index (χ3n) is 5.31. The number of hydrogen-bond donors (Lipinski definition) is 0. The Morgan fingerprint density at radius 2 is 2.09 bits per heavy atom. The Balaban J connectivity index is 1.32. The summed E-state index contributed by atoms with van der Waals surface area (Å²) in [6.07, 6.45) is 7.55. The lowest BCUT2D eigenvalue weighted by atomic mass is 9.85. The van der Waals surface area contributed by atoms with Crippen LogP contribution in [0.1, 0.15) is 55.8 Å². The number of nitrogens with zero attached hydrogens (tertiary/aromatic N) is 4. The third-order valence-corrected chi connectivity index (χ3v) is 5.31. The zero-order chi connectivity index (χ0) is 15.2. The Morgan fingerprint density at radius 1 is 1.13 bits per heavy atom. The summed E-state index contributed by atoms with van der Waals surface area (Å²) >= 11 is 0. The van der Waals surface area contributed by atoms with Crippen LogP contribution in [0.25, 0.3) is 11.6 Å². The van der Waals surface area contributed by atoms with E-state index in [1.165, 1.54) is 19.3 Å². The van der Waals surface area contributed by atoms with Crippen LogP contribution in [0, 0.1) is 0 Å². The molecule has 23 heavy (non-hydrogen) atoms. The van der Waals surface area contributed by atoms with Crippen molar-refractivity contribution in [3.63, 3.8) is 0 Å². The molecule has 0 radical (unpaired) electrons. The van der Waals surface area contributed by atoms with Crippen LogP contribution in [-0.4, -0.2) is 45.8 Å². The molecule has 7 nitrogen and oxygen atoms in total. The molecule has 2 aromatic rings. The van der Waals surface area contributed by atoms with Gasteiger partial charge in [0.15, 0.2) is 11.6 Å². The first-order chi connectivity index (χ1) is 11.4. The monoisotopic (exact) mass is 316 g/mol. The van der Waals surface area contributed by atoms with Crippen LogP contribution in [-0.2, 0) is 4.74 Å². The Labute approximate surface area is 134 Å². The minimum atomic E-state index is -0.111. The lowest BCUT2D eigenvalue weighted by Crippen LogP contribution is -2.42. The van der Waals surface area contributed by atoms with E-state index in [0.29, 0.717) is 29.4 Å². The minimum Gasteiger partial charge on any atom is -0.448 e. The molecule has 2 atom stereocenters. The molecule has 3 aliphatic rings. The summed E-state index contributed by atoms with van der Waals surface area (Å²) in [5.74, 6) is 2.28. The van der Waals surface area contributed by atoms with Crippen molar-refractivity contribution in [3.05, 3.63) is 18.0 Å². The molecule has 0 aromatic carbocycles. The second-order valence-corrected chi connectivity index (χ2v) is 6.77. The fraction of sp³-hybridized carbons (Fsp3) is 0.688. The van der Waals surface area contributed by atoms with Gasteiger partial charge < -0.3 is 13.7 Å². The number of ether oxygens (including phenoxy) is 1. The molecule has 5 rings (SSSR count). The molecular formula is C16H20N4O3. The summed E-state index contributed by atoms with van der Waals surface area (Å²) < 4.78 is 16.9. The van der Waals surface area contributed by atoms with Crippen molar-refractivity contribution in [2.24, 2.45) is 0 Å². The molecule has 3 fully saturated rings. The molecule has 1 aliphatic carbocycles. The summed E-state index contributed by atoms with van der Waals surface area (Å²) in [6.45, 7) is 2.74. The zero-order valence-corrected chi connectivity index (χ0v) is 13.0. The van der Waals surface area contributed by atoms with Crippen LogP contribution in [0.4, 0.5) is 0 Å². The van der Waals surface area contributed by atoms with E-state index in [1.807, 2.05) is 0 Å². The molecule has 0 bridgehead atoms. The molecule has 2 aromatic heterocycles. The fourth-order valence-electron chi connectivity index (χ4n) is 3.67. The largest absolute Gasteiger partial charge is 0.448 e. The van der Waals surface area contributed by atoms with Crippen LogP contribution < -0.4 is 0 Å². The van der Waals surface area contributed by atoms with Gasteiger partial charge >= 0.3 is 0 Å². The number of oxazole rings is 1. The van der Waals surface area contributed by atoms with Gasteiger partial charge in [-0.15, -0.1) is 0 Å². The third kappa shape index (κ3) is 2.38. The molecule has 2 aliphatic heterocycles. The Bertz CT molecular complexity index is 693. The maximum atomic E-state index is 5.93. The first-order valence-corrected chi connectivity index (χ1v) is 8.52. The lowest BCUT2D eigenvalue weighted by molar-refractivity contribution is -0.0548. The summed E-state index contributed by atoms with van der Waals surface area (Å²) in [5.41, 5.74) is 0.625. The minimum absolute atomic E-state index is 0.111. The predicted octanol–water partition coefficient (Wildman–Crippen LogP) is 2.53. The Hall–Kier alpha value is -1.73. The van der Waals surface area contributed by atoms with Crippen molar-refractivity contribution in [1.29, 1.82) is 0 Å². The molecule has 122 valence electrons. The quantitative estimate of drug-likeness (QED) is 0.861. The number of fused-ring (bicyclic) bond motifs is 1. The standard InChI is InChI=1S/C16H20N4O3/c1-3-10(4-1)15-17-12(9-22-15)16-18-14(19-23-16)13-7-20-6-2-5-11(20)8-21-13/h9-11,13H,1-8H2/t11-,13+/m0/s1. The van der Waals surface area contributed by atoms with Gasteiger partial charge in [0.05, 0.1) is 6.61 Å². The highest BCUT2D eigenvalue weighted by atomic mass is 16.5. The average Bonchev–Trinajstić information content (AvgIpc) is 3.24. The van der Waals surface area contributed by atoms with Gasteiger partial charge in [0, 0.05) is 18.5 Å². The van der Waals surface area contributed by atoms with Crippen LogP contribution >= 0.6 is 0 Å². The highest BCUT2D eigenvalue weighted by Gasteiger charge is 2.35. The molecule has 4 heterocycles. The summed E-state index contributed by atoms with van der Waals surface area (Å²) in [6, 6.07) is 0.568. The van der Waals surface area contributed by atoms with Crippen LogP contribution in [0.3, 0.4) is 0 Å². The number of aromatic nitrogens is 3. The van der Waals surface area contributed by atoms with Gasteiger partial charge in [0.25, 0.3) is 5.89 Å². The highest BCUT2D eigenvalue weighted by Crippen LogP contribution is 2.36. The van der Waals surface area contributed by atoms with Gasteiger partial charge in [-0.1, -0.05) is 11.6 Å². The molecular weight excluding hydrogens is 296 g/mol. The highest BCUT2D eigenvalue weighted by molar-refractivity contribution is 5.44. The van der Waals surface area contributed by atoms with Gasteiger partial charge in [-0.25, -0.2) is 4.98 Å². The van der Waals surface area contributed by atoms with E-state index < -0.39 is 0 Å². The zero-order valence-electron chi connectivity index (χ0n) is 13.0. The van der Waals surface area contributed by atoms with Gasteiger partial charge in [0.2, 0.25) is 5.82 Å². The van der Waals surface area contributed by atoms with Gasteiger partial charge in [-0.2, -0.15) is 4.98 Å². The van der Waals surface area contributed by atoms with Crippen molar-refractivity contribution in [1.82, 2.24) is 20.0 Å². The molecule has 2 saturated heterocycles. The maximum Gasteiger partial charge on any atom is 0.279 e. The van der Waals surface area contributed by atoms with Gasteiger partial charge in [-0.05, 0) is 32.2 Å². The van der Waals surface area contributed by atoms with Gasteiger partial charge in [-0.3, -0.25) is 4.90 Å². The Kier molecular flexibility index (Phi) is 3.22. The fourth-order valence-corrected chi connectivity index (χ4v) is 3.67. The maximum absolute atomic E-state index is 5.93. The second kappa shape index (κ2) is 5.42. The van der Waals surface area contributed by atoms with E-state index in [-0.39, 0.29) is 6.10 Å². The SMILES string of the molecule is c1oc(C2CCC2)nc1-c1nc([C@H]2CN3CCC[C@H]3CO2)no1. The van der Waals surface area contributed by atoms with Crippen molar-refractivity contribution in [2.45, 2.75) is 50.2 Å². The molecule has 7 heteroatoms. The lowest BCUT2D eigenvalue weighted by Gasteiger charge is -2.33. The van der Waals surface area contributed by atoms with E-state index in [2.05, 4.69) is 20.0 Å². The average molecular weight is 316 g/mol. The number of hydrogen-bond acceptors (Lipinski definition) is 7. The Morgan fingerprint density at radius 3 is 2.96 bits per heavy atom. The molecule has 0 amide bonds. The van der Waals surface area contributed by atoms with Crippen molar-refractivity contribution < 1.29 is 13.7 Å². The number of rotatable bonds is 3. The molecule has 0 unspecified atom stereocenters. The topological polar surface area (TPSA) is 77.4 Å². The van der Waals surface area contributed by atoms with Crippen LogP contribution in [0.15, 0.2) is 15.2 Å². The summed E-state index contributed by atoms with van der Waals surface area (Å²) in [7, 11) is 0. The van der Waals surface area contributed by atoms with E-state index >= 15 is 0 Å². The second-order valence-electron chi connectivity index (χ2n) is 6.77. The smallest absolute Gasteiger partial charge is 0.279 e. The molecule has 1 saturated carbocycles. The van der Waals surface area contributed by atoms with E-state index in [1.54, 1.807) is 6.26 Å². The normalized spacial score (nSPS) is 28.7. The van der Waals surface area contributed by atoms with Crippen molar-refractivity contribution >= 4 is 0 Å². The van der Waals surface area contributed by atoms with Gasteiger partial charge in [0.1, 0.15) is 12.4 Å². The molecule has 0 N–H and O–H groups in total. The summed E-state index contributed by atoms with van der Waals surface area (Å²) in [4.78, 5) is 11.5. The van der Waals surface area contributed by atoms with Crippen molar-refractivity contribution in [3.8, 4) is 11.6 Å². The molecule has 0 spiro atoms. The number of morpholine rings is 1. The van der Waals surface area contributed by atoms with E-state index in [0.717, 1.165) is 38.4 Å². The first-order valence-electron chi connectivity index (χ1n) is 8.52. The summed E-state index contributed by atoms with van der Waals surface area (Å²) in [5, 5.41) is 4.10. The van der Waals surface area contributed by atoms with E-state index in [4.69, 9.17) is 13.7 Å². The van der Waals surface area contributed by atoms with E-state index in [9.17, 15) is 0 Å². The van der Waals surface area contributed by atoms with Crippen molar-refractivity contribution in [2.75, 3.05) is 19.7 Å².